The van der Waals surface area contributed by atoms with Gasteiger partial charge in [0, 0.05) is 25.7 Å². The summed E-state index contributed by atoms with van der Waals surface area (Å²) >= 11 is 1.49. The molecule has 1 fully saturated rings. The topological polar surface area (TPSA) is 153 Å². The number of ether oxygens (including phenoxy) is 1. The van der Waals surface area contributed by atoms with Crippen LogP contribution in [-0.2, 0) is 11.3 Å². The highest BCUT2D eigenvalue weighted by molar-refractivity contribution is 7.21. The van der Waals surface area contributed by atoms with E-state index < -0.39 is 24.2 Å². The fourth-order valence-corrected chi connectivity index (χ4v) is 5.24. The molecule has 11 heteroatoms. The van der Waals surface area contributed by atoms with E-state index in [-0.39, 0.29) is 13.2 Å². The molecule has 0 unspecified atom stereocenters. The summed E-state index contributed by atoms with van der Waals surface area (Å²) in [5.41, 5.74) is 2.95. The summed E-state index contributed by atoms with van der Waals surface area (Å²) in [5, 5.41) is 47.0. The Morgan fingerprint density at radius 2 is 1.97 bits per heavy atom. The van der Waals surface area contributed by atoms with Crippen molar-refractivity contribution in [1.29, 1.82) is 0 Å². The van der Waals surface area contributed by atoms with Crippen molar-refractivity contribution in [2.45, 2.75) is 45.1 Å². The van der Waals surface area contributed by atoms with Crippen LogP contribution in [0.4, 0.5) is 11.8 Å². The molecular formula is C23H31N5O5S. The van der Waals surface area contributed by atoms with Gasteiger partial charge < -0.3 is 35.8 Å². The van der Waals surface area contributed by atoms with Crippen LogP contribution < -0.4 is 10.6 Å². The van der Waals surface area contributed by atoms with E-state index in [1.165, 1.54) is 11.3 Å². The van der Waals surface area contributed by atoms with E-state index in [9.17, 15) is 20.4 Å². The van der Waals surface area contributed by atoms with Crippen molar-refractivity contribution < 1.29 is 25.2 Å². The van der Waals surface area contributed by atoms with Crippen molar-refractivity contribution in [1.82, 2.24) is 15.0 Å². The Morgan fingerprint density at radius 1 is 1.15 bits per heavy atom. The highest BCUT2D eigenvalue weighted by atomic mass is 32.1. The van der Waals surface area contributed by atoms with Crippen LogP contribution in [0.5, 0.6) is 0 Å². The largest absolute Gasteiger partial charge is 0.396 e. The number of aliphatic hydroxyl groups is 4. The molecule has 4 rings (SSSR count). The SMILES string of the molecule is CCOCCNc1nc(C)c(-c2nc3cc(CO)ccc3s2)c(N[C@@H]2C[C@H](CO)[C@@H](O)[C@H]2O)n1. The van der Waals surface area contributed by atoms with E-state index in [2.05, 4.69) is 20.6 Å². The number of nitrogens with one attached hydrogen (secondary N) is 2. The third-order valence-electron chi connectivity index (χ3n) is 6.03. The number of anilines is 2. The van der Waals surface area contributed by atoms with Crippen molar-refractivity contribution in [2.24, 2.45) is 5.92 Å². The average molecular weight is 490 g/mol. The number of aryl methyl sites for hydroxylation is 1. The summed E-state index contributed by atoms with van der Waals surface area (Å²) in [6, 6.07) is 5.15. The maximum Gasteiger partial charge on any atom is 0.224 e. The lowest BCUT2D eigenvalue weighted by Gasteiger charge is -2.21. The van der Waals surface area contributed by atoms with Crippen molar-refractivity contribution in [3.05, 3.63) is 29.5 Å². The third kappa shape index (κ3) is 5.14. The Kier molecular flexibility index (Phi) is 7.91. The lowest BCUT2D eigenvalue weighted by molar-refractivity contribution is 0.00446. The molecule has 1 aliphatic rings. The molecule has 0 spiro atoms. The molecular weight excluding hydrogens is 458 g/mol. The molecule has 0 amide bonds. The lowest BCUT2D eigenvalue weighted by atomic mass is 10.1. The first-order valence-electron chi connectivity index (χ1n) is 11.4. The molecule has 3 aromatic rings. The monoisotopic (exact) mass is 489 g/mol. The summed E-state index contributed by atoms with van der Waals surface area (Å²) in [6.07, 6.45) is -1.66. The number of thiazole rings is 1. The number of aliphatic hydroxyl groups excluding tert-OH is 4. The van der Waals surface area contributed by atoms with Gasteiger partial charge in [-0.05, 0) is 38.0 Å². The molecule has 1 aromatic carbocycles. The second-order valence-corrected chi connectivity index (χ2v) is 9.40. The van der Waals surface area contributed by atoms with Crippen molar-refractivity contribution in [3.63, 3.8) is 0 Å². The van der Waals surface area contributed by atoms with E-state index >= 15 is 0 Å². The van der Waals surface area contributed by atoms with Crippen molar-refractivity contribution in [3.8, 4) is 10.6 Å². The smallest absolute Gasteiger partial charge is 0.224 e. The van der Waals surface area contributed by atoms with Gasteiger partial charge in [0.15, 0.2) is 0 Å². The number of rotatable bonds is 10. The second-order valence-electron chi connectivity index (χ2n) is 8.37. The molecule has 34 heavy (non-hydrogen) atoms. The summed E-state index contributed by atoms with van der Waals surface area (Å²) in [4.78, 5) is 14.0. The van der Waals surface area contributed by atoms with Crippen LogP contribution in [-0.4, -0.2) is 80.0 Å². The summed E-state index contributed by atoms with van der Waals surface area (Å²) < 4.78 is 6.34. The van der Waals surface area contributed by atoms with Crippen LogP contribution in [0.1, 0.15) is 24.6 Å². The molecule has 0 aliphatic heterocycles. The fraction of sp³-hybridized carbons (Fsp3) is 0.522. The molecule has 1 aliphatic carbocycles. The quantitative estimate of drug-likeness (QED) is 0.231. The average Bonchev–Trinajstić information content (AvgIpc) is 3.36. The normalized spacial score (nSPS) is 22.4. The number of nitrogens with zero attached hydrogens (tertiary/aromatic N) is 3. The van der Waals surface area contributed by atoms with Gasteiger partial charge in [0.2, 0.25) is 5.95 Å². The van der Waals surface area contributed by atoms with E-state index in [0.717, 1.165) is 15.8 Å². The van der Waals surface area contributed by atoms with Crippen LogP contribution >= 0.6 is 11.3 Å². The number of benzene rings is 1. The summed E-state index contributed by atoms with van der Waals surface area (Å²) in [5.74, 6) is 0.489. The maximum atomic E-state index is 10.6. The zero-order valence-corrected chi connectivity index (χ0v) is 20.0. The molecule has 184 valence electrons. The Morgan fingerprint density at radius 3 is 2.68 bits per heavy atom. The molecule has 2 heterocycles. The summed E-state index contributed by atoms with van der Waals surface area (Å²) in [7, 11) is 0. The van der Waals surface area contributed by atoms with Gasteiger partial charge in [-0.1, -0.05) is 6.07 Å². The van der Waals surface area contributed by atoms with Gasteiger partial charge in [0.05, 0.1) is 46.8 Å². The van der Waals surface area contributed by atoms with Gasteiger partial charge in [0.1, 0.15) is 16.9 Å². The van der Waals surface area contributed by atoms with Crippen LogP contribution in [0.2, 0.25) is 0 Å². The first-order valence-corrected chi connectivity index (χ1v) is 12.2. The summed E-state index contributed by atoms with van der Waals surface area (Å²) in [6.45, 7) is 5.21. The molecule has 10 nitrogen and oxygen atoms in total. The first kappa shape index (κ1) is 24.7. The van der Waals surface area contributed by atoms with Gasteiger partial charge >= 0.3 is 0 Å². The van der Waals surface area contributed by atoms with Gasteiger partial charge in [-0.25, -0.2) is 9.97 Å². The number of hydrogen-bond donors (Lipinski definition) is 6. The Hall–Kier alpha value is -2.41. The maximum absolute atomic E-state index is 10.6. The zero-order chi connectivity index (χ0) is 24.2. The molecule has 0 saturated heterocycles. The van der Waals surface area contributed by atoms with Gasteiger partial charge in [-0.3, -0.25) is 0 Å². The van der Waals surface area contributed by atoms with Gasteiger partial charge in [0.25, 0.3) is 0 Å². The predicted octanol–water partition coefficient (Wildman–Crippen LogP) is 1.52. The predicted molar refractivity (Wildman–Crippen MR) is 131 cm³/mol. The molecule has 4 atom stereocenters. The molecule has 6 N–H and O–H groups in total. The minimum atomic E-state index is -1.04. The van der Waals surface area contributed by atoms with Gasteiger partial charge in [-0.2, -0.15) is 4.98 Å². The van der Waals surface area contributed by atoms with Crippen molar-refractivity contribution in [2.75, 3.05) is 37.0 Å². The van der Waals surface area contributed by atoms with Crippen LogP contribution in [0.25, 0.3) is 20.8 Å². The lowest BCUT2D eigenvalue weighted by Crippen LogP contribution is -2.35. The van der Waals surface area contributed by atoms with E-state index in [4.69, 9.17) is 9.72 Å². The highest BCUT2D eigenvalue weighted by Gasteiger charge is 2.41. The first-order chi connectivity index (χ1) is 16.4. The van der Waals surface area contributed by atoms with E-state index in [0.29, 0.717) is 54.2 Å². The number of fused-ring (bicyclic) bond motifs is 1. The van der Waals surface area contributed by atoms with Crippen LogP contribution in [0, 0.1) is 12.8 Å². The minimum absolute atomic E-state index is 0.0617. The number of aromatic nitrogens is 3. The Labute approximate surface area is 201 Å². The minimum Gasteiger partial charge on any atom is -0.396 e. The molecule has 1 saturated carbocycles. The van der Waals surface area contributed by atoms with Crippen molar-refractivity contribution >= 4 is 33.3 Å². The molecule has 2 aromatic heterocycles. The highest BCUT2D eigenvalue weighted by Crippen LogP contribution is 2.38. The third-order valence-corrected chi connectivity index (χ3v) is 7.08. The fourth-order valence-electron chi connectivity index (χ4n) is 4.19. The van der Waals surface area contributed by atoms with E-state index in [1.807, 2.05) is 32.0 Å². The van der Waals surface area contributed by atoms with E-state index in [1.54, 1.807) is 0 Å². The number of hydrogen-bond acceptors (Lipinski definition) is 11. The van der Waals surface area contributed by atoms with Crippen LogP contribution in [0.15, 0.2) is 18.2 Å². The Bertz CT molecular complexity index is 1130. The standard InChI is InChI=1S/C23H31N5O5S/c1-3-33-7-6-24-23-25-12(2)18(22-27-15-8-13(10-29)4-5-17(15)34-22)21(28-23)26-16-9-14(11-30)19(31)20(16)32/h4-5,8,14,16,19-20,29-32H,3,6-7,9-11H2,1-2H3,(H2,24,25,26,28)/t14-,16-,19-,20+/m1/s1. The molecule has 0 radical (unpaired) electrons. The van der Waals surface area contributed by atoms with Gasteiger partial charge in [-0.15, -0.1) is 11.3 Å². The van der Waals surface area contributed by atoms with Crippen LogP contribution in [0.3, 0.4) is 0 Å². The second kappa shape index (κ2) is 10.9. The Balaban J connectivity index is 1.71. The molecule has 0 bridgehead atoms. The zero-order valence-electron chi connectivity index (χ0n) is 19.2.